The molecule has 0 bridgehead atoms. The van der Waals surface area contributed by atoms with Crippen LogP contribution in [0, 0.1) is 13.8 Å². The highest BCUT2D eigenvalue weighted by Crippen LogP contribution is 2.34. The van der Waals surface area contributed by atoms with Gasteiger partial charge in [0.25, 0.3) is 5.91 Å². The number of aromatic nitrogens is 3. The number of pyridine rings is 1. The van der Waals surface area contributed by atoms with Crippen molar-refractivity contribution in [2.24, 2.45) is 0 Å². The first kappa shape index (κ1) is 21.8. The Morgan fingerprint density at radius 2 is 1.91 bits per heavy atom. The van der Waals surface area contributed by atoms with Crippen LogP contribution in [0.4, 0.5) is 5.69 Å². The van der Waals surface area contributed by atoms with Crippen LogP contribution in [0.1, 0.15) is 40.0 Å². The molecule has 4 aromatic rings. The Balaban J connectivity index is 1.86. The minimum atomic E-state index is -0.266. The number of hydrogen-bond acceptors (Lipinski definition) is 6. The topological polar surface area (TPSA) is 78.3 Å². The van der Waals surface area contributed by atoms with E-state index in [2.05, 4.69) is 30.3 Å². The third kappa shape index (κ3) is 3.93. The molecule has 0 atom stereocenters. The molecule has 166 valence electrons. The molecule has 8 heteroatoms. The van der Waals surface area contributed by atoms with Crippen molar-refractivity contribution in [3.05, 3.63) is 51.8 Å². The van der Waals surface area contributed by atoms with E-state index in [0.29, 0.717) is 33.8 Å². The summed E-state index contributed by atoms with van der Waals surface area (Å²) in [6, 6.07) is 9.33. The molecule has 0 aliphatic heterocycles. The monoisotopic (exact) mass is 450 g/mol. The van der Waals surface area contributed by atoms with Crippen LogP contribution in [0.25, 0.3) is 22.3 Å². The first-order chi connectivity index (χ1) is 15.3. The van der Waals surface area contributed by atoms with Gasteiger partial charge in [-0.15, -0.1) is 11.3 Å². The highest BCUT2D eigenvalue weighted by molar-refractivity contribution is 7.12. The van der Waals surface area contributed by atoms with E-state index < -0.39 is 0 Å². The number of hydrogen-bond donors (Lipinski definition) is 1. The Kier molecular flexibility index (Phi) is 5.88. The van der Waals surface area contributed by atoms with Gasteiger partial charge in [-0.05, 0) is 52.0 Å². The molecule has 7 nitrogen and oxygen atoms in total. The molecule has 0 unspecified atom stereocenters. The summed E-state index contributed by atoms with van der Waals surface area (Å²) in [4.78, 5) is 20.7. The summed E-state index contributed by atoms with van der Waals surface area (Å²) in [5.74, 6) is 0.906. The minimum Gasteiger partial charge on any atom is -0.497 e. The van der Waals surface area contributed by atoms with Gasteiger partial charge in [-0.1, -0.05) is 0 Å². The quantitative estimate of drug-likeness (QED) is 0.412. The second-order valence-corrected chi connectivity index (χ2v) is 9.28. The zero-order chi connectivity index (χ0) is 23.0. The van der Waals surface area contributed by atoms with Crippen LogP contribution >= 0.6 is 11.3 Å². The number of carbonyl (C=O) groups is 1. The molecule has 0 saturated carbocycles. The molecule has 3 aromatic heterocycles. The van der Waals surface area contributed by atoms with Crippen LogP contribution in [0.5, 0.6) is 11.5 Å². The van der Waals surface area contributed by atoms with Crippen molar-refractivity contribution < 1.29 is 14.3 Å². The third-order valence-corrected chi connectivity index (χ3v) is 6.24. The highest BCUT2D eigenvalue weighted by atomic mass is 32.1. The van der Waals surface area contributed by atoms with Gasteiger partial charge in [0.05, 0.1) is 42.7 Å². The predicted molar refractivity (Wildman–Crippen MR) is 128 cm³/mol. The van der Waals surface area contributed by atoms with Gasteiger partial charge in [0.1, 0.15) is 11.5 Å². The second-order valence-electron chi connectivity index (χ2n) is 7.82. The van der Waals surface area contributed by atoms with Gasteiger partial charge in [0.2, 0.25) is 0 Å². The number of fused-ring (bicyclic) bond motifs is 1. The Morgan fingerprint density at radius 1 is 1.12 bits per heavy atom. The highest BCUT2D eigenvalue weighted by Gasteiger charge is 2.21. The summed E-state index contributed by atoms with van der Waals surface area (Å²) >= 11 is 1.71. The van der Waals surface area contributed by atoms with Gasteiger partial charge in [-0.3, -0.25) is 4.79 Å². The lowest BCUT2D eigenvalue weighted by molar-refractivity contribution is 0.102. The van der Waals surface area contributed by atoms with Crippen LogP contribution in [0.15, 0.2) is 36.5 Å². The van der Waals surface area contributed by atoms with Gasteiger partial charge in [-0.25, -0.2) is 9.67 Å². The Labute approximate surface area is 191 Å². The summed E-state index contributed by atoms with van der Waals surface area (Å²) in [5, 5.41) is 8.18. The molecular formula is C24H26N4O3S. The SMILES string of the molecule is COc1ccc(OC)c(NC(=O)c2cc(-c3cc(C)sc3C)nc3c2cnn3C(C)C)c1. The standard InChI is InChI=1S/C24H26N4O3S/c1-13(2)28-23-19(12-25-28)18(11-20(26-23)17-9-14(3)32-15(17)4)24(29)27-21-10-16(30-5)7-8-22(21)31-6/h7-13H,1-6H3,(H,27,29). The molecule has 0 spiro atoms. The fourth-order valence-electron chi connectivity index (χ4n) is 3.71. The van der Waals surface area contributed by atoms with Crippen molar-refractivity contribution in [3.63, 3.8) is 0 Å². The summed E-state index contributed by atoms with van der Waals surface area (Å²) in [6.07, 6.45) is 1.70. The van der Waals surface area contributed by atoms with Crippen molar-refractivity contribution >= 4 is 34.0 Å². The summed E-state index contributed by atoms with van der Waals surface area (Å²) in [5.41, 5.74) is 3.50. The van der Waals surface area contributed by atoms with Crippen LogP contribution in [-0.2, 0) is 0 Å². The molecular weight excluding hydrogens is 424 g/mol. The average molecular weight is 451 g/mol. The first-order valence-corrected chi connectivity index (χ1v) is 11.1. The number of aryl methyl sites for hydroxylation is 2. The molecule has 3 heterocycles. The van der Waals surface area contributed by atoms with E-state index in [1.165, 1.54) is 4.88 Å². The molecule has 0 fully saturated rings. The molecule has 4 rings (SSSR count). The molecule has 1 N–H and O–H groups in total. The van der Waals surface area contributed by atoms with Gasteiger partial charge >= 0.3 is 0 Å². The molecule has 0 aliphatic carbocycles. The fraction of sp³-hybridized carbons (Fsp3) is 0.292. The average Bonchev–Trinajstić information content (AvgIpc) is 3.35. The first-order valence-electron chi connectivity index (χ1n) is 10.3. The van der Waals surface area contributed by atoms with Crippen LogP contribution in [0.2, 0.25) is 0 Å². The number of nitrogens with zero attached hydrogens (tertiary/aromatic N) is 3. The maximum Gasteiger partial charge on any atom is 0.256 e. The number of rotatable bonds is 6. The number of nitrogens with one attached hydrogen (secondary N) is 1. The predicted octanol–water partition coefficient (Wildman–Crippen LogP) is 5.63. The van der Waals surface area contributed by atoms with Gasteiger partial charge in [-0.2, -0.15) is 5.10 Å². The van der Waals surface area contributed by atoms with Gasteiger partial charge in [0.15, 0.2) is 5.65 Å². The normalized spacial score (nSPS) is 11.2. The zero-order valence-corrected chi connectivity index (χ0v) is 19.8. The van der Waals surface area contributed by atoms with E-state index >= 15 is 0 Å². The third-order valence-electron chi connectivity index (χ3n) is 5.27. The smallest absolute Gasteiger partial charge is 0.256 e. The lowest BCUT2D eigenvalue weighted by atomic mass is 10.1. The summed E-state index contributed by atoms with van der Waals surface area (Å²) in [7, 11) is 3.14. The van der Waals surface area contributed by atoms with Crippen LogP contribution in [-0.4, -0.2) is 34.9 Å². The minimum absolute atomic E-state index is 0.106. The van der Waals surface area contributed by atoms with E-state index in [-0.39, 0.29) is 11.9 Å². The number of carbonyl (C=O) groups excluding carboxylic acids is 1. The van der Waals surface area contributed by atoms with Gasteiger partial charge in [0, 0.05) is 27.4 Å². The van der Waals surface area contributed by atoms with E-state index in [4.69, 9.17) is 14.5 Å². The number of methoxy groups -OCH3 is 2. The molecule has 0 radical (unpaired) electrons. The molecule has 0 aliphatic rings. The maximum atomic E-state index is 13.5. The Morgan fingerprint density at radius 3 is 2.53 bits per heavy atom. The number of thiophene rings is 1. The summed E-state index contributed by atoms with van der Waals surface area (Å²) < 4.78 is 12.6. The van der Waals surface area contributed by atoms with E-state index in [9.17, 15) is 4.79 Å². The van der Waals surface area contributed by atoms with Crippen molar-refractivity contribution in [3.8, 4) is 22.8 Å². The summed E-state index contributed by atoms with van der Waals surface area (Å²) in [6.45, 7) is 8.23. The Hall–Kier alpha value is -3.39. The van der Waals surface area contributed by atoms with Crippen molar-refractivity contribution in [1.29, 1.82) is 0 Å². The van der Waals surface area contributed by atoms with E-state index in [1.807, 2.05) is 24.6 Å². The van der Waals surface area contributed by atoms with Crippen LogP contribution < -0.4 is 14.8 Å². The Bertz CT molecular complexity index is 1310. The molecule has 0 saturated heterocycles. The number of ether oxygens (including phenoxy) is 2. The lowest BCUT2D eigenvalue weighted by Crippen LogP contribution is -2.14. The molecule has 1 aromatic carbocycles. The molecule has 32 heavy (non-hydrogen) atoms. The number of benzene rings is 1. The molecule has 1 amide bonds. The van der Waals surface area contributed by atoms with Crippen molar-refractivity contribution in [1.82, 2.24) is 14.8 Å². The second kappa shape index (κ2) is 8.63. The van der Waals surface area contributed by atoms with Crippen molar-refractivity contribution in [2.75, 3.05) is 19.5 Å². The largest absolute Gasteiger partial charge is 0.497 e. The fourth-order valence-corrected chi connectivity index (χ4v) is 4.64. The van der Waals surface area contributed by atoms with E-state index in [1.54, 1.807) is 50.0 Å². The van der Waals surface area contributed by atoms with Crippen LogP contribution in [0.3, 0.4) is 0 Å². The number of anilines is 1. The number of amides is 1. The van der Waals surface area contributed by atoms with E-state index in [0.717, 1.165) is 16.1 Å². The lowest BCUT2D eigenvalue weighted by Gasteiger charge is -2.13. The zero-order valence-electron chi connectivity index (χ0n) is 19.0. The van der Waals surface area contributed by atoms with Crippen molar-refractivity contribution in [2.45, 2.75) is 33.7 Å². The van der Waals surface area contributed by atoms with Gasteiger partial charge < -0.3 is 14.8 Å². The maximum absolute atomic E-state index is 13.5.